The van der Waals surface area contributed by atoms with Crippen molar-refractivity contribution < 1.29 is 9.47 Å². The Morgan fingerprint density at radius 3 is 3.33 bits per heavy atom. The predicted molar refractivity (Wildman–Crippen MR) is 59.0 cm³/mol. The molecule has 1 aromatic rings. The van der Waals surface area contributed by atoms with Gasteiger partial charge in [-0.05, 0) is 6.92 Å². The lowest BCUT2D eigenvalue weighted by Gasteiger charge is -2.28. The van der Waals surface area contributed by atoms with Gasteiger partial charge < -0.3 is 14.8 Å². The number of ether oxygens (including phenoxy) is 2. The molecule has 15 heavy (non-hydrogen) atoms. The van der Waals surface area contributed by atoms with Gasteiger partial charge in [0.05, 0.1) is 25.4 Å². The molecule has 2 rings (SSSR count). The third-order valence-corrected chi connectivity index (χ3v) is 2.99. The monoisotopic (exact) mass is 228 g/mol. The van der Waals surface area contributed by atoms with Crippen molar-refractivity contribution in [3.63, 3.8) is 0 Å². The van der Waals surface area contributed by atoms with Crippen molar-refractivity contribution in [1.82, 2.24) is 10.3 Å². The van der Waals surface area contributed by atoms with Crippen LogP contribution in [0.25, 0.3) is 0 Å². The molecular formula is C10H16N2O2S. The highest BCUT2D eigenvalue weighted by molar-refractivity contribution is 7.09. The maximum Gasteiger partial charge on any atom is 0.118 e. The van der Waals surface area contributed by atoms with E-state index in [1.807, 2.05) is 5.38 Å². The van der Waals surface area contributed by atoms with Crippen LogP contribution in [-0.4, -0.2) is 36.9 Å². The van der Waals surface area contributed by atoms with Crippen LogP contribution in [0.2, 0.25) is 0 Å². The summed E-state index contributed by atoms with van der Waals surface area (Å²) in [5, 5.41) is 6.29. The summed E-state index contributed by atoms with van der Waals surface area (Å²) in [4.78, 5) is 4.15. The molecule has 2 atom stereocenters. The van der Waals surface area contributed by atoms with Crippen LogP contribution < -0.4 is 5.32 Å². The normalized spacial score (nSPS) is 26.7. The van der Waals surface area contributed by atoms with Crippen molar-refractivity contribution in [2.45, 2.75) is 25.7 Å². The number of nitrogens with one attached hydrogen (secondary N) is 1. The van der Waals surface area contributed by atoms with E-state index >= 15 is 0 Å². The van der Waals surface area contributed by atoms with Gasteiger partial charge in [-0.2, -0.15) is 0 Å². The molecule has 4 nitrogen and oxygen atoms in total. The summed E-state index contributed by atoms with van der Waals surface area (Å²) in [6.07, 6.45) is 2.25. The van der Waals surface area contributed by atoms with Crippen LogP contribution in [-0.2, 0) is 16.1 Å². The third kappa shape index (κ3) is 3.53. The lowest BCUT2D eigenvalue weighted by atomic mass is 10.2. The van der Waals surface area contributed by atoms with Gasteiger partial charge in [0.1, 0.15) is 5.01 Å². The second-order valence-electron chi connectivity index (χ2n) is 3.67. The zero-order valence-corrected chi connectivity index (χ0v) is 9.63. The first-order valence-electron chi connectivity index (χ1n) is 5.17. The summed E-state index contributed by atoms with van der Waals surface area (Å²) >= 11 is 1.62. The highest BCUT2D eigenvalue weighted by atomic mass is 32.1. The minimum atomic E-state index is 0.175. The molecule has 0 radical (unpaired) electrons. The van der Waals surface area contributed by atoms with E-state index in [2.05, 4.69) is 17.2 Å². The van der Waals surface area contributed by atoms with Gasteiger partial charge in [0, 0.05) is 24.7 Å². The average Bonchev–Trinajstić information content (AvgIpc) is 2.71. The van der Waals surface area contributed by atoms with Crippen LogP contribution in [0.15, 0.2) is 11.6 Å². The first-order valence-corrected chi connectivity index (χ1v) is 6.05. The van der Waals surface area contributed by atoms with Crippen molar-refractivity contribution in [3.05, 3.63) is 16.6 Å². The Morgan fingerprint density at radius 1 is 1.67 bits per heavy atom. The topological polar surface area (TPSA) is 43.4 Å². The Bertz CT molecular complexity index is 279. The molecule has 5 heteroatoms. The van der Waals surface area contributed by atoms with E-state index in [9.17, 15) is 0 Å². The van der Waals surface area contributed by atoms with Crippen molar-refractivity contribution in [2.75, 3.05) is 19.7 Å². The summed E-state index contributed by atoms with van der Waals surface area (Å²) in [6.45, 7) is 5.11. The molecule has 1 aliphatic rings. The molecule has 1 N–H and O–H groups in total. The fraction of sp³-hybridized carbons (Fsp3) is 0.700. The van der Waals surface area contributed by atoms with Crippen molar-refractivity contribution in [3.8, 4) is 0 Å². The molecule has 1 fully saturated rings. The van der Waals surface area contributed by atoms with E-state index in [-0.39, 0.29) is 12.2 Å². The minimum absolute atomic E-state index is 0.175. The number of hydrogen-bond donors (Lipinski definition) is 1. The summed E-state index contributed by atoms with van der Waals surface area (Å²) in [5.74, 6) is 0. The van der Waals surface area contributed by atoms with Gasteiger partial charge in [-0.1, -0.05) is 0 Å². The lowest BCUT2D eigenvalue weighted by molar-refractivity contribution is -0.0716. The Hall–Kier alpha value is -0.490. The van der Waals surface area contributed by atoms with Gasteiger partial charge >= 0.3 is 0 Å². The summed E-state index contributed by atoms with van der Waals surface area (Å²) in [7, 11) is 0. The van der Waals surface area contributed by atoms with Crippen LogP contribution in [0.5, 0.6) is 0 Å². The van der Waals surface area contributed by atoms with Gasteiger partial charge in [-0.3, -0.25) is 0 Å². The lowest BCUT2D eigenvalue weighted by Crippen LogP contribution is -2.45. The van der Waals surface area contributed by atoms with E-state index in [1.165, 1.54) is 0 Å². The Balaban J connectivity index is 1.65. The molecule has 0 bridgehead atoms. The minimum Gasteiger partial charge on any atom is -0.372 e. The number of thiazole rings is 1. The fourth-order valence-electron chi connectivity index (χ4n) is 1.57. The maximum atomic E-state index is 5.70. The van der Waals surface area contributed by atoms with Gasteiger partial charge in [-0.15, -0.1) is 11.3 Å². The van der Waals surface area contributed by atoms with Crippen molar-refractivity contribution >= 4 is 11.3 Å². The molecular weight excluding hydrogens is 212 g/mol. The first kappa shape index (κ1) is 11.0. The van der Waals surface area contributed by atoms with Crippen LogP contribution in [0.3, 0.4) is 0 Å². The quantitative estimate of drug-likeness (QED) is 0.836. The number of aromatic nitrogens is 1. The van der Waals surface area contributed by atoms with Crippen LogP contribution >= 0.6 is 11.3 Å². The summed E-state index contributed by atoms with van der Waals surface area (Å²) in [5.41, 5.74) is 0. The number of hydrogen-bond acceptors (Lipinski definition) is 5. The zero-order chi connectivity index (χ0) is 10.5. The van der Waals surface area contributed by atoms with Crippen LogP contribution in [0.4, 0.5) is 0 Å². The predicted octanol–water partition coefficient (Wildman–Crippen LogP) is 1.04. The van der Waals surface area contributed by atoms with E-state index in [0.717, 1.165) is 18.1 Å². The van der Waals surface area contributed by atoms with E-state index in [1.54, 1.807) is 17.5 Å². The number of rotatable bonds is 4. The van der Waals surface area contributed by atoms with E-state index < -0.39 is 0 Å². The molecule has 84 valence electrons. The largest absolute Gasteiger partial charge is 0.372 e. The smallest absolute Gasteiger partial charge is 0.118 e. The maximum absolute atomic E-state index is 5.70. The van der Waals surface area contributed by atoms with Crippen LogP contribution in [0, 0.1) is 0 Å². The third-order valence-electron chi connectivity index (χ3n) is 2.24. The summed E-state index contributed by atoms with van der Waals surface area (Å²) < 4.78 is 11.2. The first-order chi connectivity index (χ1) is 7.34. The molecule has 2 heterocycles. The Labute approximate surface area is 93.6 Å². The molecule has 0 aromatic carbocycles. The van der Waals surface area contributed by atoms with Gasteiger partial charge in [0.15, 0.2) is 0 Å². The van der Waals surface area contributed by atoms with Crippen LogP contribution in [0.1, 0.15) is 11.9 Å². The molecule has 0 spiro atoms. The van der Waals surface area contributed by atoms with Gasteiger partial charge in [-0.25, -0.2) is 4.98 Å². The zero-order valence-electron chi connectivity index (χ0n) is 8.81. The van der Waals surface area contributed by atoms with Crippen molar-refractivity contribution in [1.29, 1.82) is 0 Å². The second-order valence-corrected chi connectivity index (χ2v) is 4.65. The van der Waals surface area contributed by atoms with Gasteiger partial charge in [0.2, 0.25) is 0 Å². The molecule has 2 unspecified atom stereocenters. The molecule has 1 aromatic heterocycles. The molecule has 0 amide bonds. The second kappa shape index (κ2) is 5.55. The number of nitrogens with zero attached hydrogens (tertiary/aromatic N) is 1. The fourth-order valence-corrected chi connectivity index (χ4v) is 2.12. The SMILES string of the molecule is CC1CNCC(COCc2nccs2)O1. The van der Waals surface area contributed by atoms with E-state index in [4.69, 9.17) is 9.47 Å². The van der Waals surface area contributed by atoms with Gasteiger partial charge in [0.25, 0.3) is 0 Å². The molecule has 1 aliphatic heterocycles. The Kier molecular flexibility index (Phi) is 4.08. The molecule has 0 aliphatic carbocycles. The summed E-state index contributed by atoms with van der Waals surface area (Å²) in [6, 6.07) is 0. The Morgan fingerprint density at radius 2 is 2.60 bits per heavy atom. The number of morpholine rings is 1. The highest BCUT2D eigenvalue weighted by Crippen LogP contribution is 2.08. The van der Waals surface area contributed by atoms with E-state index in [0.29, 0.717) is 13.2 Å². The highest BCUT2D eigenvalue weighted by Gasteiger charge is 2.18. The van der Waals surface area contributed by atoms with Crippen molar-refractivity contribution in [2.24, 2.45) is 0 Å². The molecule has 1 saturated heterocycles. The molecule has 0 saturated carbocycles. The average molecular weight is 228 g/mol. The standard InChI is InChI=1S/C10H16N2O2S/c1-8-4-11-5-9(14-8)6-13-7-10-12-2-3-15-10/h2-3,8-9,11H,4-7H2,1H3.